The second-order valence-corrected chi connectivity index (χ2v) is 7.13. The van der Waals surface area contributed by atoms with Gasteiger partial charge in [-0.2, -0.15) is 0 Å². The van der Waals surface area contributed by atoms with Crippen LogP contribution in [0.2, 0.25) is 0 Å². The second kappa shape index (κ2) is 7.59. The van der Waals surface area contributed by atoms with Gasteiger partial charge in [0.2, 0.25) is 0 Å². The summed E-state index contributed by atoms with van der Waals surface area (Å²) in [4.78, 5) is 14.7. The van der Waals surface area contributed by atoms with Crippen molar-refractivity contribution in [2.45, 2.75) is 70.4 Å². The number of rotatable bonds is 9. The van der Waals surface area contributed by atoms with Crippen LogP contribution in [0.1, 0.15) is 58.8 Å². The van der Waals surface area contributed by atoms with Crippen molar-refractivity contribution >= 4 is 5.97 Å². The first-order valence-corrected chi connectivity index (χ1v) is 8.67. The number of nitrogens with zero attached hydrogens (tertiary/aromatic N) is 1. The van der Waals surface area contributed by atoms with E-state index in [1.54, 1.807) is 0 Å². The van der Waals surface area contributed by atoms with Crippen molar-refractivity contribution in [3.8, 4) is 0 Å². The fourth-order valence-corrected chi connectivity index (χ4v) is 3.34. The minimum atomic E-state index is -0.527. The van der Waals surface area contributed by atoms with Crippen LogP contribution < -0.4 is 5.32 Å². The summed E-state index contributed by atoms with van der Waals surface area (Å²) in [5.74, 6) is 0.770. The van der Waals surface area contributed by atoms with Crippen LogP contribution in [0, 0.1) is 5.92 Å². The molecule has 0 spiro atoms. The molecular weight excluding hydrogens is 264 g/mol. The van der Waals surface area contributed by atoms with E-state index in [9.17, 15) is 4.79 Å². The molecule has 1 N–H and O–H groups in total. The van der Waals surface area contributed by atoms with E-state index >= 15 is 0 Å². The number of esters is 1. The van der Waals surface area contributed by atoms with Gasteiger partial charge in [0.1, 0.15) is 5.54 Å². The maximum Gasteiger partial charge on any atom is 0.326 e. The van der Waals surface area contributed by atoms with Gasteiger partial charge in [-0.15, -0.1) is 0 Å². The van der Waals surface area contributed by atoms with Crippen molar-refractivity contribution in [2.75, 3.05) is 26.7 Å². The van der Waals surface area contributed by atoms with E-state index in [1.165, 1.54) is 45.1 Å². The number of carbonyl (C=O) groups excluding carboxylic acids is 1. The quantitative estimate of drug-likeness (QED) is 0.664. The highest BCUT2D eigenvalue weighted by Crippen LogP contribution is 2.27. The molecule has 1 atom stereocenters. The van der Waals surface area contributed by atoms with Crippen molar-refractivity contribution in [3.63, 3.8) is 0 Å². The fraction of sp³-hybridized carbons (Fsp3) is 0.941. The van der Waals surface area contributed by atoms with Gasteiger partial charge in [0.15, 0.2) is 0 Å². The first kappa shape index (κ1) is 16.8. The molecule has 0 aromatic heterocycles. The Kier molecular flexibility index (Phi) is 6.06. The summed E-state index contributed by atoms with van der Waals surface area (Å²) < 4.78 is 5.28. The molecule has 122 valence electrons. The van der Waals surface area contributed by atoms with Crippen molar-refractivity contribution in [2.24, 2.45) is 5.92 Å². The summed E-state index contributed by atoms with van der Waals surface area (Å²) in [7, 11) is 2.18. The molecule has 0 heterocycles. The maximum atomic E-state index is 12.3. The van der Waals surface area contributed by atoms with Gasteiger partial charge in [0.05, 0.1) is 6.61 Å². The van der Waals surface area contributed by atoms with E-state index < -0.39 is 5.54 Å². The second-order valence-electron chi connectivity index (χ2n) is 7.13. The van der Waals surface area contributed by atoms with Crippen molar-refractivity contribution in [3.05, 3.63) is 0 Å². The number of ether oxygens (including phenoxy) is 1. The average molecular weight is 296 g/mol. The van der Waals surface area contributed by atoms with Crippen LogP contribution in [0.25, 0.3) is 0 Å². The van der Waals surface area contributed by atoms with Gasteiger partial charge in [0.25, 0.3) is 0 Å². The zero-order valence-corrected chi connectivity index (χ0v) is 14.0. The topological polar surface area (TPSA) is 41.6 Å². The van der Waals surface area contributed by atoms with Gasteiger partial charge in [-0.1, -0.05) is 12.8 Å². The number of hydrogen-bond acceptors (Lipinski definition) is 4. The molecule has 0 radical (unpaired) electrons. The molecule has 1 unspecified atom stereocenters. The maximum absolute atomic E-state index is 12.3. The monoisotopic (exact) mass is 296 g/mol. The third kappa shape index (κ3) is 5.26. The highest BCUT2D eigenvalue weighted by molar-refractivity contribution is 5.80. The lowest BCUT2D eigenvalue weighted by atomic mass is 9.97. The summed E-state index contributed by atoms with van der Waals surface area (Å²) in [5.41, 5.74) is -0.527. The first-order valence-electron chi connectivity index (χ1n) is 8.67. The Balaban J connectivity index is 1.80. The van der Waals surface area contributed by atoms with Gasteiger partial charge >= 0.3 is 5.97 Å². The molecule has 2 aliphatic rings. The molecule has 0 bridgehead atoms. The zero-order chi connectivity index (χ0) is 15.3. The van der Waals surface area contributed by atoms with E-state index in [1.807, 2.05) is 13.8 Å². The Bertz CT molecular complexity index is 338. The van der Waals surface area contributed by atoms with Gasteiger partial charge in [-0.25, -0.2) is 0 Å². The number of carbonyl (C=O) groups is 1. The van der Waals surface area contributed by atoms with E-state index in [-0.39, 0.29) is 5.97 Å². The minimum Gasteiger partial charge on any atom is -0.465 e. The molecule has 2 rings (SSSR count). The molecule has 2 fully saturated rings. The molecule has 0 aromatic rings. The minimum absolute atomic E-state index is 0.0915. The van der Waals surface area contributed by atoms with Crippen LogP contribution in [0.4, 0.5) is 0 Å². The molecule has 0 aromatic carbocycles. The lowest BCUT2D eigenvalue weighted by molar-refractivity contribution is -0.151. The number of hydrogen-bond donors (Lipinski definition) is 1. The summed E-state index contributed by atoms with van der Waals surface area (Å²) >= 11 is 0. The third-order valence-electron chi connectivity index (χ3n) is 4.86. The van der Waals surface area contributed by atoms with Gasteiger partial charge in [-0.3, -0.25) is 10.1 Å². The molecule has 4 heteroatoms. The summed E-state index contributed by atoms with van der Waals surface area (Å²) in [5, 5.41) is 3.50. The highest BCUT2D eigenvalue weighted by atomic mass is 16.5. The van der Waals surface area contributed by atoms with Crippen molar-refractivity contribution in [1.82, 2.24) is 10.2 Å². The van der Waals surface area contributed by atoms with Crippen LogP contribution in [0.15, 0.2) is 0 Å². The molecular formula is C17H32N2O2. The standard InChI is InChI=1S/C17H32N2O2/c1-4-21-16(20)17(2,18-15-9-10-15)11-12-19(3)13-14-7-5-6-8-14/h14-15,18H,4-13H2,1-3H3. The summed E-state index contributed by atoms with van der Waals surface area (Å²) in [6.45, 7) is 6.46. The van der Waals surface area contributed by atoms with Crippen LogP contribution >= 0.6 is 0 Å². The van der Waals surface area contributed by atoms with Crippen LogP contribution in [-0.4, -0.2) is 49.2 Å². The van der Waals surface area contributed by atoms with Gasteiger partial charge in [0, 0.05) is 19.1 Å². The highest BCUT2D eigenvalue weighted by Gasteiger charge is 2.39. The Hall–Kier alpha value is -0.610. The molecule has 2 aliphatic carbocycles. The largest absolute Gasteiger partial charge is 0.465 e. The summed E-state index contributed by atoms with van der Waals surface area (Å²) in [6.07, 6.45) is 8.73. The Morgan fingerprint density at radius 2 is 1.95 bits per heavy atom. The molecule has 21 heavy (non-hydrogen) atoms. The first-order chi connectivity index (χ1) is 10.0. The normalized spacial score (nSPS) is 22.5. The number of nitrogens with one attached hydrogen (secondary N) is 1. The summed E-state index contributed by atoms with van der Waals surface area (Å²) in [6, 6.07) is 0.513. The Morgan fingerprint density at radius 3 is 2.52 bits per heavy atom. The van der Waals surface area contributed by atoms with Gasteiger partial charge in [-0.05, 0) is 58.9 Å². The lowest BCUT2D eigenvalue weighted by Gasteiger charge is -2.31. The van der Waals surface area contributed by atoms with E-state index in [2.05, 4.69) is 17.3 Å². The van der Waals surface area contributed by atoms with Crippen molar-refractivity contribution in [1.29, 1.82) is 0 Å². The lowest BCUT2D eigenvalue weighted by Crippen LogP contribution is -2.53. The fourth-order valence-electron chi connectivity index (χ4n) is 3.34. The smallest absolute Gasteiger partial charge is 0.326 e. The van der Waals surface area contributed by atoms with E-state index in [0.717, 1.165) is 18.9 Å². The molecule has 0 aliphatic heterocycles. The van der Waals surface area contributed by atoms with E-state index in [4.69, 9.17) is 4.74 Å². The van der Waals surface area contributed by atoms with Gasteiger partial charge < -0.3 is 9.64 Å². The molecule has 0 amide bonds. The van der Waals surface area contributed by atoms with Crippen molar-refractivity contribution < 1.29 is 9.53 Å². The van der Waals surface area contributed by atoms with E-state index in [0.29, 0.717) is 12.6 Å². The van der Waals surface area contributed by atoms with Crippen LogP contribution in [-0.2, 0) is 9.53 Å². The SMILES string of the molecule is CCOC(=O)C(C)(CCN(C)CC1CCCC1)NC1CC1. The predicted octanol–water partition coefficient (Wildman–Crippen LogP) is 2.57. The van der Waals surface area contributed by atoms with Crippen LogP contribution in [0.5, 0.6) is 0 Å². The third-order valence-corrected chi connectivity index (χ3v) is 4.86. The Morgan fingerprint density at radius 1 is 1.29 bits per heavy atom. The predicted molar refractivity (Wildman–Crippen MR) is 85.3 cm³/mol. The Labute approximate surface area is 129 Å². The average Bonchev–Trinajstić information content (AvgIpc) is 3.10. The molecule has 2 saturated carbocycles. The molecule has 0 saturated heterocycles. The molecule has 4 nitrogen and oxygen atoms in total. The van der Waals surface area contributed by atoms with Crippen LogP contribution in [0.3, 0.4) is 0 Å². The zero-order valence-electron chi connectivity index (χ0n) is 14.0.